The second kappa shape index (κ2) is 4.01. The van der Waals surface area contributed by atoms with Crippen molar-refractivity contribution in [3.63, 3.8) is 0 Å². The molecule has 0 saturated carbocycles. The van der Waals surface area contributed by atoms with E-state index in [1.165, 1.54) is 0 Å². The summed E-state index contributed by atoms with van der Waals surface area (Å²) in [6, 6.07) is -1.99. The van der Waals surface area contributed by atoms with Gasteiger partial charge in [-0.05, 0) is 0 Å². The Morgan fingerprint density at radius 2 is 1.25 bits per heavy atom. The molecule has 0 heterocycles. The van der Waals surface area contributed by atoms with E-state index >= 15 is 0 Å². The summed E-state index contributed by atoms with van der Waals surface area (Å²) in [4.78, 5) is 30.9. The number of nitrogens with one attached hydrogen (secondary N) is 2. The van der Waals surface area contributed by atoms with Crippen LogP contribution in [0, 0.1) is 0 Å². The molecule has 0 fully saturated rings. The smallest absolute Gasteiger partial charge is 0.314 e. The SMILES string of the molecule is NC(=O)NC(NC(N)=O)C(N)=O. The number of carbonyl (C=O) groups excluding carboxylic acids is 3. The van der Waals surface area contributed by atoms with E-state index in [2.05, 4.69) is 11.5 Å². The number of hydrogen-bond acceptors (Lipinski definition) is 3. The zero-order valence-corrected chi connectivity index (χ0v) is 6.03. The third kappa shape index (κ3) is 3.93. The minimum absolute atomic E-state index is 0.965. The van der Waals surface area contributed by atoms with Gasteiger partial charge in [0, 0.05) is 0 Å². The summed E-state index contributed by atoms with van der Waals surface area (Å²) >= 11 is 0. The van der Waals surface area contributed by atoms with Gasteiger partial charge in [0.25, 0.3) is 5.91 Å². The van der Waals surface area contributed by atoms with E-state index < -0.39 is 24.1 Å². The molecule has 0 aromatic rings. The van der Waals surface area contributed by atoms with E-state index in [1.54, 1.807) is 0 Å². The summed E-state index contributed by atoms with van der Waals surface area (Å²) in [5.41, 5.74) is 14.1. The van der Waals surface area contributed by atoms with Crippen molar-refractivity contribution in [1.29, 1.82) is 0 Å². The van der Waals surface area contributed by atoms with Crippen LogP contribution in [0.3, 0.4) is 0 Å². The van der Waals surface area contributed by atoms with Crippen LogP contribution in [-0.4, -0.2) is 24.1 Å². The second-order valence-corrected chi connectivity index (χ2v) is 1.85. The first-order chi connectivity index (χ1) is 5.43. The van der Waals surface area contributed by atoms with Crippen molar-refractivity contribution in [3.8, 4) is 0 Å². The van der Waals surface area contributed by atoms with Crippen LogP contribution in [0.1, 0.15) is 0 Å². The molecule has 68 valence electrons. The van der Waals surface area contributed by atoms with Crippen molar-refractivity contribution >= 4 is 18.0 Å². The van der Waals surface area contributed by atoms with Crippen molar-refractivity contribution < 1.29 is 14.4 Å². The second-order valence-electron chi connectivity index (χ2n) is 1.85. The van der Waals surface area contributed by atoms with Gasteiger partial charge in [-0.2, -0.15) is 0 Å². The molecule has 0 saturated heterocycles. The van der Waals surface area contributed by atoms with Crippen molar-refractivity contribution in [2.24, 2.45) is 17.2 Å². The molecular weight excluding hydrogens is 166 g/mol. The lowest BCUT2D eigenvalue weighted by Gasteiger charge is -2.13. The first kappa shape index (κ1) is 10.0. The summed E-state index contributed by atoms with van der Waals surface area (Å²) < 4.78 is 0. The normalized spacial score (nSPS) is 9.08. The first-order valence-corrected chi connectivity index (χ1v) is 2.84. The number of amides is 5. The zero-order chi connectivity index (χ0) is 9.72. The van der Waals surface area contributed by atoms with E-state index in [9.17, 15) is 14.4 Å². The minimum atomic E-state index is -1.38. The predicted octanol–water partition coefficient (Wildman–Crippen LogP) is -2.87. The number of urea groups is 2. The molecule has 0 aliphatic rings. The van der Waals surface area contributed by atoms with Crippen LogP contribution < -0.4 is 27.8 Å². The monoisotopic (exact) mass is 175 g/mol. The largest absolute Gasteiger partial charge is 0.366 e. The Morgan fingerprint density at radius 3 is 1.42 bits per heavy atom. The van der Waals surface area contributed by atoms with Gasteiger partial charge < -0.3 is 27.8 Å². The number of primary amides is 3. The Balaban J connectivity index is 4.14. The fourth-order valence-corrected chi connectivity index (χ4v) is 0.463. The van der Waals surface area contributed by atoms with Crippen LogP contribution in [0.5, 0.6) is 0 Å². The Hall–Kier alpha value is -1.99. The van der Waals surface area contributed by atoms with Gasteiger partial charge in [-0.25, -0.2) is 9.59 Å². The predicted molar refractivity (Wildman–Crippen MR) is 38.4 cm³/mol. The maximum atomic E-state index is 10.5. The van der Waals surface area contributed by atoms with Gasteiger partial charge in [-0.1, -0.05) is 0 Å². The van der Waals surface area contributed by atoms with Crippen LogP contribution in [0.4, 0.5) is 9.59 Å². The highest BCUT2D eigenvalue weighted by atomic mass is 16.2. The van der Waals surface area contributed by atoms with Crippen LogP contribution in [-0.2, 0) is 4.79 Å². The zero-order valence-electron chi connectivity index (χ0n) is 6.03. The van der Waals surface area contributed by atoms with E-state index in [0.29, 0.717) is 0 Å². The molecule has 0 aromatic heterocycles. The maximum Gasteiger partial charge on any atom is 0.314 e. The maximum absolute atomic E-state index is 10.5. The average Bonchev–Trinajstić information content (AvgIpc) is 1.83. The summed E-state index contributed by atoms with van der Waals surface area (Å²) in [7, 11) is 0. The molecule has 0 aromatic carbocycles. The number of hydrogen-bond donors (Lipinski definition) is 5. The molecule has 0 spiro atoms. The van der Waals surface area contributed by atoms with Crippen molar-refractivity contribution in [1.82, 2.24) is 10.6 Å². The highest BCUT2D eigenvalue weighted by molar-refractivity contribution is 5.88. The van der Waals surface area contributed by atoms with Crippen molar-refractivity contribution in [2.45, 2.75) is 6.17 Å². The lowest BCUT2D eigenvalue weighted by molar-refractivity contribution is -0.120. The Labute approximate surface area is 67.4 Å². The summed E-state index contributed by atoms with van der Waals surface area (Å²) in [6.07, 6.45) is -1.38. The van der Waals surface area contributed by atoms with Gasteiger partial charge in [-0.3, -0.25) is 4.79 Å². The molecule has 0 aliphatic carbocycles. The van der Waals surface area contributed by atoms with E-state index in [1.807, 2.05) is 10.6 Å². The van der Waals surface area contributed by atoms with Crippen LogP contribution in [0.25, 0.3) is 0 Å². The molecule has 12 heavy (non-hydrogen) atoms. The van der Waals surface area contributed by atoms with Crippen molar-refractivity contribution in [2.75, 3.05) is 0 Å². The fraction of sp³-hybridized carbons (Fsp3) is 0.250. The summed E-state index contributed by atoms with van der Waals surface area (Å²) in [5.74, 6) is -0.965. The van der Waals surface area contributed by atoms with Crippen LogP contribution in [0.15, 0.2) is 0 Å². The molecule has 0 unspecified atom stereocenters. The van der Waals surface area contributed by atoms with Gasteiger partial charge in [0.2, 0.25) is 0 Å². The fourth-order valence-electron chi connectivity index (χ4n) is 0.463. The van der Waals surface area contributed by atoms with Crippen molar-refractivity contribution in [3.05, 3.63) is 0 Å². The van der Waals surface area contributed by atoms with Gasteiger partial charge in [0.15, 0.2) is 6.17 Å². The standard InChI is InChI=1S/C4H9N5O3/c5-1(10)2(8-3(6)11)9-4(7)12/h2H,(H2,5,10)(H3,6,8,11)(H3,7,9,12). The summed E-state index contributed by atoms with van der Waals surface area (Å²) in [6.45, 7) is 0. The summed E-state index contributed by atoms with van der Waals surface area (Å²) in [5, 5.41) is 3.73. The molecule has 0 atom stereocenters. The van der Waals surface area contributed by atoms with Gasteiger partial charge >= 0.3 is 12.1 Å². The number of carbonyl (C=O) groups is 3. The van der Waals surface area contributed by atoms with Crippen LogP contribution >= 0.6 is 0 Å². The highest BCUT2D eigenvalue weighted by Gasteiger charge is 2.16. The lowest BCUT2D eigenvalue weighted by atomic mass is 10.4. The highest BCUT2D eigenvalue weighted by Crippen LogP contribution is 1.74. The van der Waals surface area contributed by atoms with E-state index in [0.717, 1.165) is 0 Å². The molecule has 0 rings (SSSR count). The molecule has 5 amide bonds. The Bertz CT molecular complexity index is 199. The quantitative estimate of drug-likeness (QED) is 0.293. The molecule has 0 aliphatic heterocycles. The molecule has 0 bridgehead atoms. The van der Waals surface area contributed by atoms with Gasteiger partial charge in [0.1, 0.15) is 0 Å². The molecule has 8 nitrogen and oxygen atoms in total. The third-order valence-corrected chi connectivity index (χ3v) is 0.858. The molecular formula is C4H9N5O3. The van der Waals surface area contributed by atoms with E-state index in [-0.39, 0.29) is 0 Å². The average molecular weight is 175 g/mol. The topological polar surface area (TPSA) is 153 Å². The first-order valence-electron chi connectivity index (χ1n) is 2.84. The molecule has 8 heteroatoms. The molecule has 0 radical (unpaired) electrons. The molecule has 8 N–H and O–H groups in total. The lowest BCUT2D eigenvalue weighted by Crippen LogP contribution is -2.57. The van der Waals surface area contributed by atoms with Gasteiger partial charge in [0.05, 0.1) is 0 Å². The van der Waals surface area contributed by atoms with Gasteiger partial charge in [-0.15, -0.1) is 0 Å². The Morgan fingerprint density at radius 1 is 0.917 bits per heavy atom. The minimum Gasteiger partial charge on any atom is -0.366 e. The van der Waals surface area contributed by atoms with E-state index in [4.69, 9.17) is 5.73 Å². The Kier molecular flexibility index (Phi) is 3.34. The van der Waals surface area contributed by atoms with Crippen LogP contribution in [0.2, 0.25) is 0 Å². The number of nitrogens with two attached hydrogens (primary N) is 3. The number of rotatable bonds is 3. The third-order valence-electron chi connectivity index (χ3n) is 0.858.